The molecule has 7 N–H and O–H groups in total. The van der Waals surface area contributed by atoms with Crippen LogP contribution in [0.5, 0.6) is 0 Å². The number of aliphatic hydroxyl groups is 4. The third-order valence-electron chi connectivity index (χ3n) is 13.5. The lowest BCUT2D eigenvalue weighted by molar-refractivity contribution is -0.304. The van der Waals surface area contributed by atoms with Crippen LogP contribution in [0, 0.1) is 35.5 Å². The summed E-state index contributed by atoms with van der Waals surface area (Å²) in [5, 5.41) is 45.3. The minimum atomic E-state index is -4.64. The van der Waals surface area contributed by atoms with Gasteiger partial charge < -0.3 is 78.1 Å². The van der Waals surface area contributed by atoms with Crippen molar-refractivity contribution in [3.05, 3.63) is 23.8 Å². The van der Waals surface area contributed by atoms with Crippen LogP contribution in [0.1, 0.15) is 87.5 Å². The second-order valence-corrected chi connectivity index (χ2v) is 20.5. The maximum atomic E-state index is 14.0. The molecule has 19 atom stereocenters. The van der Waals surface area contributed by atoms with E-state index in [1.54, 1.807) is 45.0 Å². The first-order valence-corrected chi connectivity index (χ1v) is 25.0. The molecule has 4 heterocycles. The summed E-state index contributed by atoms with van der Waals surface area (Å²) in [6, 6.07) is -0.684. The molecule has 0 aliphatic carbocycles. The van der Waals surface area contributed by atoms with Gasteiger partial charge >= 0.3 is 13.8 Å². The number of carbonyl (C=O) groups is 2. The van der Waals surface area contributed by atoms with E-state index in [2.05, 4.69) is 18.7 Å². The van der Waals surface area contributed by atoms with Gasteiger partial charge in [-0.05, 0) is 90.9 Å². The number of hydrogen-bond donors (Lipinski definition) is 7. The lowest BCUT2D eigenvalue weighted by Crippen LogP contribution is -2.63. The lowest BCUT2D eigenvalue weighted by atomic mass is 9.79. The third kappa shape index (κ3) is 17.6. The summed E-state index contributed by atoms with van der Waals surface area (Å²) >= 11 is 0. The Hall–Kier alpha value is -1.75. The van der Waals surface area contributed by atoms with Crippen LogP contribution in [0.15, 0.2) is 23.8 Å². The number of aliphatic hydroxyl groups excluding tert-OH is 4. The zero-order valence-corrected chi connectivity index (χ0v) is 42.0. The van der Waals surface area contributed by atoms with Crippen molar-refractivity contribution in [1.29, 1.82) is 0 Å². The molecule has 3 fully saturated rings. The van der Waals surface area contributed by atoms with E-state index < -0.39 is 111 Å². The second-order valence-electron chi connectivity index (χ2n) is 19.5. The smallest absolute Gasteiger partial charge is 0.462 e. The average molecular weight is 967 g/mol. The van der Waals surface area contributed by atoms with E-state index in [1.165, 1.54) is 20.6 Å². The van der Waals surface area contributed by atoms with E-state index in [9.17, 15) is 30.0 Å². The van der Waals surface area contributed by atoms with E-state index in [1.807, 2.05) is 33.8 Å². The van der Waals surface area contributed by atoms with E-state index >= 15 is 0 Å². The number of carbonyl (C=O) groups excluding carboxylic acids is 2. The van der Waals surface area contributed by atoms with Gasteiger partial charge in [0.05, 0.1) is 49.6 Å². The van der Waals surface area contributed by atoms with Gasteiger partial charge in [-0.1, -0.05) is 52.3 Å². The molecule has 0 aromatic heterocycles. The molecule has 20 heteroatoms. The Labute approximate surface area is 392 Å². The summed E-state index contributed by atoms with van der Waals surface area (Å²) in [5.74, 6) is -1.46. The number of rotatable bonds is 12. The Morgan fingerprint density at radius 2 is 1.39 bits per heavy atom. The maximum Gasteiger partial charge on any atom is 0.466 e. The lowest BCUT2D eigenvalue weighted by Gasteiger charge is -2.47. The second kappa shape index (κ2) is 27.0. The largest absolute Gasteiger partial charge is 0.466 e. The number of allylic oxidation sites excluding steroid dienone is 3. The van der Waals surface area contributed by atoms with Crippen molar-refractivity contribution in [2.75, 3.05) is 54.6 Å². The molecule has 0 aromatic rings. The molecule has 19 nitrogen and oxygen atoms in total. The number of nitrogens with zero attached hydrogens (tertiary/aromatic N) is 2. The van der Waals surface area contributed by atoms with Crippen molar-refractivity contribution >= 4 is 19.6 Å². The number of phosphoric acid groups is 1. The summed E-state index contributed by atoms with van der Waals surface area (Å²) in [4.78, 5) is 53.6. The number of ketones is 1. The molecular formula is C46H83N2O17P. The van der Waals surface area contributed by atoms with Gasteiger partial charge in [0.15, 0.2) is 18.4 Å². The van der Waals surface area contributed by atoms with Gasteiger partial charge in [-0.2, -0.15) is 0 Å². The number of likely N-dealkylation sites (tertiary alicyclic amines) is 1. The molecule has 4 aliphatic rings. The molecule has 0 spiro atoms. The predicted octanol–water partition coefficient (Wildman–Crippen LogP) is 2.41. The summed E-state index contributed by atoms with van der Waals surface area (Å²) in [6.45, 7) is 18.2. The molecule has 66 heavy (non-hydrogen) atoms. The number of hydrogen-bond acceptors (Lipinski definition) is 16. The van der Waals surface area contributed by atoms with Gasteiger partial charge in [-0.25, -0.2) is 4.57 Å². The van der Waals surface area contributed by atoms with Crippen LogP contribution in [0.25, 0.3) is 0 Å². The topological polar surface area (TPSA) is 264 Å². The number of ether oxygens (including phenoxy) is 7. The molecule has 19 unspecified atom stereocenters. The Morgan fingerprint density at radius 1 is 0.818 bits per heavy atom. The van der Waals surface area contributed by atoms with Crippen LogP contribution in [0.4, 0.5) is 0 Å². The zero-order valence-electron chi connectivity index (χ0n) is 41.1. The summed E-state index contributed by atoms with van der Waals surface area (Å²) in [5.41, 5.74) is 0.761. The fourth-order valence-electron chi connectivity index (χ4n) is 10.0. The van der Waals surface area contributed by atoms with Gasteiger partial charge in [0, 0.05) is 45.1 Å². The molecule has 0 saturated carbocycles. The van der Waals surface area contributed by atoms with Gasteiger partial charge in [0.2, 0.25) is 0 Å². The minimum Gasteiger partial charge on any atom is -0.462 e. The first kappa shape index (κ1) is 58.6. The Bertz CT molecular complexity index is 1580. The Kier molecular flexibility index (Phi) is 24.0. The molecule has 0 aromatic carbocycles. The number of piperidine rings is 1. The summed E-state index contributed by atoms with van der Waals surface area (Å²) < 4.78 is 51.5. The van der Waals surface area contributed by atoms with Crippen LogP contribution >= 0.6 is 7.82 Å². The Balaban J connectivity index is 0.00000219. The summed E-state index contributed by atoms with van der Waals surface area (Å²) in [7, 11) is 1.90. The molecule has 384 valence electrons. The van der Waals surface area contributed by atoms with Crippen LogP contribution in [0.2, 0.25) is 0 Å². The fraction of sp³-hybridized carbons (Fsp3) is 0.870. The first-order chi connectivity index (χ1) is 30.8. The van der Waals surface area contributed by atoms with Crippen molar-refractivity contribution in [2.24, 2.45) is 35.5 Å². The zero-order chi connectivity index (χ0) is 49.8. The van der Waals surface area contributed by atoms with Crippen molar-refractivity contribution < 1.29 is 82.4 Å². The van der Waals surface area contributed by atoms with Gasteiger partial charge in [0.1, 0.15) is 30.5 Å². The van der Waals surface area contributed by atoms with Crippen molar-refractivity contribution in [3.63, 3.8) is 0 Å². The molecule has 0 radical (unpaired) electrons. The third-order valence-corrected chi connectivity index (χ3v) is 13.5. The number of cyclic esters (lactones) is 1. The van der Waals surface area contributed by atoms with E-state index in [4.69, 9.17) is 52.4 Å². The number of likely N-dealkylation sites (N-methyl/N-ethyl adjacent to an activating group) is 1. The van der Waals surface area contributed by atoms with Crippen molar-refractivity contribution in [3.8, 4) is 0 Å². The van der Waals surface area contributed by atoms with Crippen molar-refractivity contribution in [1.82, 2.24) is 9.80 Å². The van der Waals surface area contributed by atoms with Gasteiger partial charge in [-0.15, -0.1) is 0 Å². The first-order valence-electron chi connectivity index (χ1n) is 23.4. The molecule has 0 bridgehead atoms. The normalized spacial score (nSPS) is 40.6. The predicted molar refractivity (Wildman–Crippen MR) is 243 cm³/mol. The number of methoxy groups -OCH3 is 2. The quantitative estimate of drug-likeness (QED) is 0.109. The van der Waals surface area contributed by atoms with E-state index in [0.717, 1.165) is 25.2 Å². The fourth-order valence-corrected chi connectivity index (χ4v) is 10.0. The minimum absolute atomic E-state index is 0.0427. The monoisotopic (exact) mass is 967 g/mol. The van der Waals surface area contributed by atoms with Crippen LogP contribution in [-0.4, -0.2) is 191 Å². The van der Waals surface area contributed by atoms with Gasteiger partial charge in [0.25, 0.3) is 0 Å². The SMILES string of the molecule is CCC1OC(=O)CC(O)C(C)C(OC2OC(C)C(O)C(N(C)C)C2O)C(CCN2CC(C)CC(C)C2)CC(C)C(=O)C=CC(C)=CC1COC1OC(C)C(O)C(OC)C1OC.O=P(O)(O)O. The molecule has 3 saturated heterocycles. The molecular weight excluding hydrogens is 883 g/mol. The van der Waals surface area contributed by atoms with Crippen LogP contribution in [0.3, 0.4) is 0 Å². The molecule has 4 rings (SSSR count). The standard InChI is InChI=1S/C46H80N2O13.H3O4P/c1-13-36-33(24-57-46-44(56-12)43(55-11)40(53)31(8)59-46)19-25(2)14-15-34(49)28(5)20-32(16-17-48-22-26(3)18-27(4)23-48)42(29(6)35(50)21-37(51)60-36)61-45-41(54)38(47(9)10)39(52)30(7)58-45;1-5(2,3)4/h14-15,19,26-33,35-36,38-46,50,52-54H,13,16-18,20-24H2,1-12H3;(H3,1,2,3,4). The highest BCUT2D eigenvalue weighted by molar-refractivity contribution is 7.45. The molecule has 0 amide bonds. The maximum absolute atomic E-state index is 14.0. The van der Waals surface area contributed by atoms with Crippen LogP contribution < -0.4 is 0 Å². The highest BCUT2D eigenvalue weighted by atomic mass is 31.2. The summed E-state index contributed by atoms with van der Waals surface area (Å²) in [6.07, 6.45) is -2.96. The highest BCUT2D eigenvalue weighted by Crippen LogP contribution is 2.36. The average Bonchev–Trinajstić information content (AvgIpc) is 3.22. The van der Waals surface area contributed by atoms with Crippen LogP contribution in [-0.2, 0) is 47.3 Å². The van der Waals surface area contributed by atoms with E-state index in [0.29, 0.717) is 31.1 Å². The van der Waals surface area contributed by atoms with E-state index in [-0.39, 0.29) is 24.7 Å². The number of esters is 1. The molecule has 4 aliphatic heterocycles. The van der Waals surface area contributed by atoms with Crippen molar-refractivity contribution in [2.45, 2.75) is 167 Å². The van der Waals surface area contributed by atoms with Gasteiger partial charge in [-0.3, -0.25) is 9.59 Å². The Morgan fingerprint density at radius 3 is 1.95 bits per heavy atom. The highest BCUT2D eigenvalue weighted by Gasteiger charge is 2.48.